The van der Waals surface area contributed by atoms with E-state index in [9.17, 15) is 9.18 Å². The van der Waals surface area contributed by atoms with Crippen LogP contribution in [0.5, 0.6) is 0 Å². The number of hydrogen-bond acceptors (Lipinski definition) is 5. The van der Waals surface area contributed by atoms with Crippen LogP contribution in [-0.4, -0.2) is 15.9 Å². The van der Waals surface area contributed by atoms with Crippen LogP contribution in [0.25, 0.3) is 0 Å². The summed E-state index contributed by atoms with van der Waals surface area (Å²) in [5.74, 6) is -1.07. The van der Waals surface area contributed by atoms with E-state index in [1.165, 1.54) is 11.3 Å². The van der Waals surface area contributed by atoms with Gasteiger partial charge in [-0.05, 0) is 19.9 Å². The van der Waals surface area contributed by atoms with Crippen molar-refractivity contribution in [2.75, 3.05) is 5.73 Å². The number of rotatable bonds is 3. The highest BCUT2D eigenvalue weighted by Crippen LogP contribution is 2.18. The zero-order chi connectivity index (χ0) is 14.0. The molecule has 0 saturated heterocycles. The summed E-state index contributed by atoms with van der Waals surface area (Å²) in [4.78, 5) is 19.9. The third kappa shape index (κ3) is 3.05. The number of aromatic nitrogens is 2. The summed E-state index contributed by atoms with van der Waals surface area (Å²) in [7, 11) is 0. The number of nitrogens with zero attached hydrogens (tertiary/aromatic N) is 2. The van der Waals surface area contributed by atoms with Gasteiger partial charge in [-0.1, -0.05) is 0 Å². The first kappa shape index (κ1) is 13.4. The van der Waals surface area contributed by atoms with Crippen molar-refractivity contribution in [3.63, 3.8) is 0 Å². The molecule has 1 unspecified atom stereocenters. The van der Waals surface area contributed by atoms with Gasteiger partial charge in [0, 0.05) is 11.1 Å². The van der Waals surface area contributed by atoms with E-state index in [1.807, 2.05) is 12.3 Å². The molecule has 0 aliphatic rings. The van der Waals surface area contributed by atoms with Gasteiger partial charge in [0.1, 0.15) is 16.6 Å². The molecule has 0 aliphatic carbocycles. The SMILES string of the molecule is Cc1csc(C(C)NC(=O)c2cc(F)cnc2N)n1. The van der Waals surface area contributed by atoms with E-state index in [1.54, 1.807) is 6.92 Å². The molecule has 100 valence electrons. The van der Waals surface area contributed by atoms with Crippen molar-refractivity contribution in [2.45, 2.75) is 19.9 Å². The van der Waals surface area contributed by atoms with Crippen LogP contribution in [0.2, 0.25) is 0 Å². The zero-order valence-corrected chi connectivity index (χ0v) is 11.3. The molecule has 1 amide bonds. The average molecular weight is 280 g/mol. The Bertz CT molecular complexity index is 614. The maximum Gasteiger partial charge on any atom is 0.255 e. The van der Waals surface area contributed by atoms with Crippen molar-refractivity contribution < 1.29 is 9.18 Å². The lowest BCUT2D eigenvalue weighted by atomic mass is 10.2. The normalized spacial score (nSPS) is 12.2. The zero-order valence-electron chi connectivity index (χ0n) is 10.5. The molecule has 3 N–H and O–H groups in total. The van der Waals surface area contributed by atoms with Crippen LogP contribution in [0.4, 0.5) is 10.2 Å². The van der Waals surface area contributed by atoms with Crippen molar-refractivity contribution in [3.8, 4) is 0 Å². The lowest BCUT2D eigenvalue weighted by Gasteiger charge is -2.12. The van der Waals surface area contributed by atoms with Crippen molar-refractivity contribution >= 4 is 23.1 Å². The van der Waals surface area contributed by atoms with Gasteiger partial charge in [0.25, 0.3) is 5.91 Å². The standard InChI is InChI=1S/C12H13FN4OS/c1-6-5-19-12(16-6)7(2)17-11(18)9-3-8(13)4-15-10(9)14/h3-5,7H,1-2H3,(H2,14,15)(H,17,18). The highest BCUT2D eigenvalue weighted by Gasteiger charge is 2.17. The second kappa shape index (κ2) is 5.31. The van der Waals surface area contributed by atoms with Crippen LogP contribution in [0.3, 0.4) is 0 Å². The summed E-state index contributed by atoms with van der Waals surface area (Å²) in [5.41, 5.74) is 6.48. The van der Waals surface area contributed by atoms with Gasteiger partial charge in [-0.2, -0.15) is 0 Å². The van der Waals surface area contributed by atoms with Crippen molar-refractivity contribution in [1.29, 1.82) is 0 Å². The summed E-state index contributed by atoms with van der Waals surface area (Å²) in [6, 6.07) is 0.797. The van der Waals surface area contributed by atoms with E-state index in [0.717, 1.165) is 23.0 Å². The molecule has 0 fully saturated rings. The largest absolute Gasteiger partial charge is 0.383 e. The first-order valence-corrected chi connectivity index (χ1v) is 6.49. The Morgan fingerprint density at radius 3 is 2.95 bits per heavy atom. The number of anilines is 1. The number of pyridine rings is 1. The summed E-state index contributed by atoms with van der Waals surface area (Å²) in [6.07, 6.45) is 0.972. The number of aryl methyl sites for hydroxylation is 1. The van der Waals surface area contributed by atoms with Crippen molar-refractivity contribution in [1.82, 2.24) is 15.3 Å². The Labute approximate surface area is 113 Å². The van der Waals surface area contributed by atoms with Crippen molar-refractivity contribution in [3.05, 3.63) is 39.7 Å². The fourth-order valence-electron chi connectivity index (χ4n) is 1.54. The maximum atomic E-state index is 13.1. The molecule has 7 heteroatoms. The first-order chi connectivity index (χ1) is 8.97. The van der Waals surface area contributed by atoms with E-state index in [4.69, 9.17) is 5.73 Å². The molecule has 2 aromatic rings. The predicted octanol–water partition coefficient (Wildman–Crippen LogP) is 2.06. The third-order valence-electron chi connectivity index (χ3n) is 2.48. The Kier molecular flexibility index (Phi) is 3.75. The number of carbonyl (C=O) groups is 1. The molecule has 0 bridgehead atoms. The molecule has 0 aromatic carbocycles. The average Bonchev–Trinajstić information content (AvgIpc) is 2.79. The third-order valence-corrected chi connectivity index (χ3v) is 3.63. The molecule has 0 saturated carbocycles. The monoisotopic (exact) mass is 280 g/mol. The minimum absolute atomic E-state index is 0.00131. The molecule has 0 radical (unpaired) electrons. The van der Waals surface area contributed by atoms with Crippen molar-refractivity contribution in [2.24, 2.45) is 0 Å². The number of amides is 1. The van der Waals surface area contributed by atoms with Crippen LogP contribution in [0, 0.1) is 12.7 Å². The number of nitrogens with two attached hydrogens (primary N) is 1. The molecule has 2 heterocycles. The van der Waals surface area contributed by atoms with Gasteiger partial charge in [-0.15, -0.1) is 11.3 Å². The highest BCUT2D eigenvalue weighted by atomic mass is 32.1. The van der Waals surface area contributed by atoms with Crippen LogP contribution in [0.1, 0.15) is 34.0 Å². The molecular weight excluding hydrogens is 267 g/mol. The van der Waals surface area contributed by atoms with Gasteiger partial charge in [-0.3, -0.25) is 4.79 Å². The van der Waals surface area contributed by atoms with E-state index in [2.05, 4.69) is 15.3 Å². The van der Waals surface area contributed by atoms with E-state index < -0.39 is 11.7 Å². The Morgan fingerprint density at radius 2 is 2.32 bits per heavy atom. The van der Waals surface area contributed by atoms with Gasteiger partial charge >= 0.3 is 0 Å². The lowest BCUT2D eigenvalue weighted by Crippen LogP contribution is -2.27. The fourth-order valence-corrected chi connectivity index (χ4v) is 2.34. The highest BCUT2D eigenvalue weighted by molar-refractivity contribution is 7.09. The topological polar surface area (TPSA) is 80.9 Å². The van der Waals surface area contributed by atoms with E-state index in [-0.39, 0.29) is 17.4 Å². The van der Waals surface area contributed by atoms with Gasteiger partial charge < -0.3 is 11.1 Å². The quantitative estimate of drug-likeness (QED) is 0.901. The van der Waals surface area contributed by atoms with E-state index in [0.29, 0.717) is 0 Å². The number of carbonyl (C=O) groups excluding carboxylic acids is 1. The number of hydrogen-bond donors (Lipinski definition) is 2. The molecule has 5 nitrogen and oxygen atoms in total. The second-order valence-corrected chi connectivity index (χ2v) is 5.00. The number of nitrogens with one attached hydrogen (secondary N) is 1. The van der Waals surface area contributed by atoms with Crippen LogP contribution in [-0.2, 0) is 0 Å². The molecule has 2 aromatic heterocycles. The number of thiazole rings is 1. The molecule has 2 rings (SSSR count). The maximum absolute atomic E-state index is 13.1. The van der Waals surface area contributed by atoms with Crippen LogP contribution >= 0.6 is 11.3 Å². The summed E-state index contributed by atoms with van der Waals surface area (Å²) < 4.78 is 13.1. The fraction of sp³-hybridized carbons (Fsp3) is 0.250. The molecule has 0 aliphatic heterocycles. The van der Waals surface area contributed by atoms with Gasteiger partial charge in [0.15, 0.2) is 0 Å². The number of halogens is 1. The van der Waals surface area contributed by atoms with Gasteiger partial charge in [0.05, 0.1) is 17.8 Å². The Morgan fingerprint density at radius 1 is 1.58 bits per heavy atom. The van der Waals surface area contributed by atoms with Gasteiger partial charge in [-0.25, -0.2) is 14.4 Å². The Hall–Kier alpha value is -2.02. The molecule has 0 spiro atoms. The predicted molar refractivity (Wildman–Crippen MR) is 71.3 cm³/mol. The van der Waals surface area contributed by atoms with Crippen LogP contribution < -0.4 is 11.1 Å². The first-order valence-electron chi connectivity index (χ1n) is 5.61. The Balaban J connectivity index is 2.15. The lowest BCUT2D eigenvalue weighted by molar-refractivity contribution is 0.0940. The summed E-state index contributed by atoms with van der Waals surface area (Å²) in [6.45, 7) is 3.68. The second-order valence-electron chi connectivity index (χ2n) is 4.11. The van der Waals surface area contributed by atoms with E-state index >= 15 is 0 Å². The summed E-state index contributed by atoms with van der Waals surface area (Å²) in [5, 5.41) is 5.40. The minimum atomic E-state index is -0.600. The van der Waals surface area contributed by atoms with Crippen LogP contribution in [0.15, 0.2) is 17.6 Å². The number of nitrogen functional groups attached to an aromatic ring is 1. The summed E-state index contributed by atoms with van der Waals surface area (Å²) >= 11 is 1.46. The molecular formula is C12H13FN4OS. The molecule has 1 atom stereocenters. The van der Waals surface area contributed by atoms with Gasteiger partial charge in [0.2, 0.25) is 0 Å². The smallest absolute Gasteiger partial charge is 0.255 e. The molecule has 19 heavy (non-hydrogen) atoms. The minimum Gasteiger partial charge on any atom is -0.383 e.